The fourth-order valence-electron chi connectivity index (χ4n) is 0.617. The predicted molar refractivity (Wildman–Crippen MR) is 46.2 cm³/mol. The van der Waals surface area contributed by atoms with Crippen molar-refractivity contribution < 1.29 is 0 Å². The van der Waals surface area contributed by atoms with Crippen molar-refractivity contribution >= 4 is 11.9 Å². The van der Waals surface area contributed by atoms with Crippen LogP contribution in [-0.2, 0) is 0 Å². The summed E-state index contributed by atoms with van der Waals surface area (Å²) in [4.78, 5) is 1.11. The summed E-state index contributed by atoms with van der Waals surface area (Å²) in [5.41, 5.74) is 1.27. The van der Waals surface area contributed by atoms with Crippen molar-refractivity contribution in [1.29, 1.82) is 0 Å². The Bertz CT molecular complexity index is 183. The third kappa shape index (κ3) is 2.39. The van der Waals surface area contributed by atoms with Crippen molar-refractivity contribution in [1.82, 2.24) is 6.15 Å². The van der Waals surface area contributed by atoms with E-state index in [1.165, 1.54) is 17.5 Å². The molecule has 0 aliphatic carbocycles. The molecule has 0 spiro atoms. The second kappa shape index (κ2) is 4.33. The van der Waals surface area contributed by atoms with Crippen LogP contribution in [0.2, 0.25) is 0 Å². The Morgan fingerprint density at radius 2 is 1.70 bits per heavy atom. The molecule has 0 saturated carbocycles. The largest absolute Gasteiger partial charge is 0.344 e. The second-order valence-corrected chi connectivity index (χ2v) is 2.64. The highest BCUT2D eigenvalue weighted by atomic mass is 32.2. The smallest absolute Gasteiger partial charge is 0.0226 e. The van der Waals surface area contributed by atoms with Crippen LogP contribution >= 0.6 is 11.9 Å². The van der Waals surface area contributed by atoms with Crippen LogP contribution < -0.4 is 11.3 Å². The first-order valence-electron chi connectivity index (χ1n) is 2.76. The number of hydrogen-bond acceptors (Lipinski definition) is 3. The van der Waals surface area contributed by atoms with E-state index in [0.29, 0.717) is 0 Å². The topological polar surface area (TPSA) is 61.0 Å². The van der Waals surface area contributed by atoms with Crippen LogP contribution in [0.5, 0.6) is 0 Å². The molecule has 1 aromatic rings. The maximum atomic E-state index is 5.32. The Kier molecular flexibility index (Phi) is 4.11. The monoisotopic (exact) mass is 156 g/mol. The average molecular weight is 156 g/mol. The van der Waals surface area contributed by atoms with Gasteiger partial charge in [0.25, 0.3) is 0 Å². The third-order valence-electron chi connectivity index (χ3n) is 1.16. The minimum atomic E-state index is 0. The zero-order chi connectivity index (χ0) is 6.69. The second-order valence-electron chi connectivity index (χ2n) is 1.93. The summed E-state index contributed by atoms with van der Waals surface area (Å²) < 4.78 is 0. The fraction of sp³-hybridized carbons (Fsp3) is 0.143. The number of benzene rings is 1. The van der Waals surface area contributed by atoms with E-state index < -0.39 is 0 Å². The number of nitrogens with two attached hydrogens (primary N) is 1. The van der Waals surface area contributed by atoms with Gasteiger partial charge in [0.2, 0.25) is 0 Å². The van der Waals surface area contributed by atoms with Gasteiger partial charge in [0.05, 0.1) is 0 Å². The molecule has 0 bridgehead atoms. The molecule has 0 amide bonds. The van der Waals surface area contributed by atoms with Crippen molar-refractivity contribution in [3.05, 3.63) is 29.8 Å². The Labute approximate surface area is 65.5 Å². The van der Waals surface area contributed by atoms with Gasteiger partial charge in [-0.05, 0) is 31.0 Å². The van der Waals surface area contributed by atoms with Gasteiger partial charge in [-0.3, -0.25) is 5.14 Å². The molecule has 2 nitrogen and oxygen atoms in total. The molecule has 0 fully saturated rings. The van der Waals surface area contributed by atoms with Gasteiger partial charge < -0.3 is 6.15 Å². The maximum absolute atomic E-state index is 5.32. The van der Waals surface area contributed by atoms with Gasteiger partial charge in [0, 0.05) is 4.90 Å². The molecule has 0 atom stereocenters. The molecule has 0 saturated heterocycles. The van der Waals surface area contributed by atoms with Gasteiger partial charge in [-0.2, -0.15) is 0 Å². The van der Waals surface area contributed by atoms with E-state index in [1.54, 1.807) is 0 Å². The minimum Gasteiger partial charge on any atom is -0.344 e. The van der Waals surface area contributed by atoms with Crippen molar-refractivity contribution in [3.63, 3.8) is 0 Å². The van der Waals surface area contributed by atoms with Crippen LogP contribution in [0.15, 0.2) is 29.2 Å². The Balaban J connectivity index is 0.000000810. The van der Waals surface area contributed by atoms with Gasteiger partial charge in [-0.25, -0.2) is 0 Å². The highest BCUT2D eigenvalue weighted by molar-refractivity contribution is 7.97. The summed E-state index contributed by atoms with van der Waals surface area (Å²) in [6.45, 7) is 2.06. The van der Waals surface area contributed by atoms with E-state index in [2.05, 4.69) is 19.1 Å². The van der Waals surface area contributed by atoms with E-state index in [-0.39, 0.29) is 6.15 Å². The molecule has 0 heterocycles. The highest BCUT2D eigenvalue weighted by Crippen LogP contribution is 2.11. The summed E-state index contributed by atoms with van der Waals surface area (Å²) >= 11 is 1.28. The molecule has 1 rings (SSSR count). The van der Waals surface area contributed by atoms with Crippen LogP contribution in [0.1, 0.15) is 5.56 Å². The summed E-state index contributed by atoms with van der Waals surface area (Å²) in [6.07, 6.45) is 0. The number of rotatable bonds is 1. The van der Waals surface area contributed by atoms with Gasteiger partial charge in [0.15, 0.2) is 0 Å². The van der Waals surface area contributed by atoms with Crippen LogP contribution in [-0.4, -0.2) is 0 Å². The Morgan fingerprint density at radius 1 is 1.20 bits per heavy atom. The van der Waals surface area contributed by atoms with Gasteiger partial charge in [0.1, 0.15) is 0 Å². The van der Waals surface area contributed by atoms with Crippen LogP contribution in [0.4, 0.5) is 0 Å². The molecule has 0 unspecified atom stereocenters. The van der Waals surface area contributed by atoms with Crippen molar-refractivity contribution in [2.75, 3.05) is 0 Å². The van der Waals surface area contributed by atoms with Crippen LogP contribution in [0.25, 0.3) is 0 Å². The third-order valence-corrected chi connectivity index (χ3v) is 1.70. The SMILES string of the molecule is Cc1ccc(SN)cc1.N. The van der Waals surface area contributed by atoms with Crippen molar-refractivity contribution in [2.45, 2.75) is 11.8 Å². The molecule has 5 N–H and O–H groups in total. The van der Waals surface area contributed by atoms with Crippen LogP contribution in [0, 0.1) is 6.92 Å². The standard InChI is InChI=1S/C7H9NS.H3N/c1-6-2-4-7(9-8)5-3-6;/h2-5H,8H2,1H3;1H3. The molecular formula is C7H12N2S. The minimum absolute atomic E-state index is 0. The first kappa shape index (κ1) is 9.49. The maximum Gasteiger partial charge on any atom is 0.0226 e. The van der Waals surface area contributed by atoms with E-state index in [0.717, 1.165) is 4.90 Å². The van der Waals surface area contributed by atoms with E-state index in [4.69, 9.17) is 5.14 Å². The molecular weight excluding hydrogens is 144 g/mol. The lowest BCUT2D eigenvalue weighted by Gasteiger charge is -1.93. The summed E-state index contributed by atoms with van der Waals surface area (Å²) in [6, 6.07) is 8.13. The lowest BCUT2D eigenvalue weighted by molar-refractivity contribution is 1.38. The highest BCUT2D eigenvalue weighted by Gasteiger charge is 1.85. The Hall–Kier alpha value is -0.510. The molecule has 3 heteroatoms. The zero-order valence-electron chi connectivity index (χ0n) is 6.00. The summed E-state index contributed by atoms with van der Waals surface area (Å²) in [5.74, 6) is 0. The van der Waals surface area contributed by atoms with Gasteiger partial charge in [-0.15, -0.1) is 0 Å². The first-order valence-corrected chi connectivity index (χ1v) is 3.64. The lowest BCUT2D eigenvalue weighted by Crippen LogP contribution is -1.78. The quantitative estimate of drug-likeness (QED) is 0.612. The molecule has 0 aliphatic heterocycles. The average Bonchev–Trinajstić information content (AvgIpc) is 1.90. The number of aryl methyl sites for hydroxylation is 1. The summed E-state index contributed by atoms with van der Waals surface area (Å²) in [5, 5.41) is 5.32. The fourth-order valence-corrected chi connectivity index (χ4v) is 0.910. The van der Waals surface area contributed by atoms with E-state index in [9.17, 15) is 0 Å². The van der Waals surface area contributed by atoms with Crippen molar-refractivity contribution in [2.24, 2.45) is 5.14 Å². The van der Waals surface area contributed by atoms with Gasteiger partial charge >= 0.3 is 0 Å². The first-order chi connectivity index (χ1) is 4.33. The molecule has 10 heavy (non-hydrogen) atoms. The Morgan fingerprint density at radius 3 is 2.10 bits per heavy atom. The van der Waals surface area contributed by atoms with E-state index in [1.807, 2.05) is 12.1 Å². The normalized spacial score (nSPS) is 8.60. The number of hydrogen-bond donors (Lipinski definition) is 2. The molecule has 56 valence electrons. The van der Waals surface area contributed by atoms with Crippen molar-refractivity contribution in [3.8, 4) is 0 Å². The zero-order valence-corrected chi connectivity index (χ0v) is 6.82. The molecule has 0 aliphatic rings. The predicted octanol–water partition coefficient (Wildman–Crippen LogP) is 2.12. The lowest BCUT2D eigenvalue weighted by atomic mass is 10.2. The van der Waals surface area contributed by atoms with Gasteiger partial charge in [-0.1, -0.05) is 17.7 Å². The summed E-state index contributed by atoms with van der Waals surface area (Å²) in [7, 11) is 0. The molecule has 0 aromatic heterocycles. The van der Waals surface area contributed by atoms with E-state index >= 15 is 0 Å². The molecule has 0 radical (unpaired) electrons. The molecule has 1 aromatic carbocycles. The van der Waals surface area contributed by atoms with Crippen LogP contribution in [0.3, 0.4) is 0 Å².